The summed E-state index contributed by atoms with van der Waals surface area (Å²) < 4.78 is 5.39. The van der Waals surface area contributed by atoms with Crippen molar-refractivity contribution in [3.8, 4) is 0 Å². The number of piperidine rings is 1. The van der Waals surface area contributed by atoms with Gasteiger partial charge >= 0.3 is 0 Å². The molecule has 4 rings (SSSR count). The van der Waals surface area contributed by atoms with Gasteiger partial charge in [0.05, 0.1) is 6.54 Å². The number of aromatic nitrogens is 2. The molecule has 3 aliphatic rings. The first-order chi connectivity index (χ1) is 10.9. The van der Waals surface area contributed by atoms with E-state index in [9.17, 15) is 0 Å². The highest BCUT2D eigenvalue weighted by atomic mass is 16.5. The van der Waals surface area contributed by atoms with Crippen molar-refractivity contribution in [3.05, 3.63) is 11.7 Å². The summed E-state index contributed by atoms with van der Waals surface area (Å²) in [7, 11) is 0. The van der Waals surface area contributed by atoms with Crippen molar-refractivity contribution < 1.29 is 4.52 Å². The summed E-state index contributed by atoms with van der Waals surface area (Å²) >= 11 is 0. The molecule has 5 heteroatoms. The third-order valence-corrected chi connectivity index (χ3v) is 5.41. The van der Waals surface area contributed by atoms with Gasteiger partial charge in [0.25, 0.3) is 0 Å². The summed E-state index contributed by atoms with van der Waals surface area (Å²) in [4.78, 5) is 9.86. The van der Waals surface area contributed by atoms with Gasteiger partial charge < -0.3 is 4.52 Å². The largest absolute Gasteiger partial charge is 0.339 e. The van der Waals surface area contributed by atoms with E-state index in [4.69, 9.17) is 4.52 Å². The Bertz CT molecular complexity index is 477. The van der Waals surface area contributed by atoms with Crippen LogP contribution in [0.25, 0.3) is 0 Å². The summed E-state index contributed by atoms with van der Waals surface area (Å²) in [5.74, 6) is 2.32. The normalized spacial score (nSPS) is 28.6. The molecule has 122 valence electrons. The molecule has 0 radical (unpaired) electrons. The van der Waals surface area contributed by atoms with Gasteiger partial charge in [0, 0.05) is 18.5 Å². The first kappa shape index (κ1) is 14.6. The van der Waals surface area contributed by atoms with Gasteiger partial charge in [-0.05, 0) is 58.2 Å². The van der Waals surface area contributed by atoms with Crippen molar-refractivity contribution in [2.24, 2.45) is 0 Å². The van der Waals surface area contributed by atoms with Crippen LogP contribution >= 0.6 is 0 Å². The van der Waals surface area contributed by atoms with E-state index < -0.39 is 0 Å². The Kier molecular flexibility index (Phi) is 4.44. The van der Waals surface area contributed by atoms with Crippen LogP contribution in [0.4, 0.5) is 0 Å². The van der Waals surface area contributed by atoms with Crippen molar-refractivity contribution in [2.75, 3.05) is 26.2 Å². The molecule has 0 amide bonds. The van der Waals surface area contributed by atoms with Gasteiger partial charge in [-0.3, -0.25) is 9.80 Å². The lowest BCUT2D eigenvalue weighted by Crippen LogP contribution is -2.48. The second-order valence-electron chi connectivity index (χ2n) is 7.30. The molecule has 1 saturated carbocycles. The molecule has 22 heavy (non-hydrogen) atoms. The second kappa shape index (κ2) is 6.67. The fourth-order valence-corrected chi connectivity index (χ4v) is 3.96. The lowest BCUT2D eigenvalue weighted by molar-refractivity contribution is 0.0935. The highest BCUT2D eigenvalue weighted by Gasteiger charge is 2.30. The van der Waals surface area contributed by atoms with E-state index in [2.05, 4.69) is 19.9 Å². The quantitative estimate of drug-likeness (QED) is 0.856. The van der Waals surface area contributed by atoms with Crippen molar-refractivity contribution in [1.82, 2.24) is 19.9 Å². The monoisotopic (exact) mass is 304 g/mol. The molecule has 5 nitrogen and oxygen atoms in total. The van der Waals surface area contributed by atoms with Crippen molar-refractivity contribution >= 4 is 0 Å². The van der Waals surface area contributed by atoms with Gasteiger partial charge in [-0.1, -0.05) is 18.0 Å². The van der Waals surface area contributed by atoms with Crippen molar-refractivity contribution in [2.45, 2.75) is 69.9 Å². The summed E-state index contributed by atoms with van der Waals surface area (Å²) in [5.41, 5.74) is 0. The van der Waals surface area contributed by atoms with Crippen LogP contribution < -0.4 is 0 Å². The predicted octanol–water partition coefficient (Wildman–Crippen LogP) is 2.79. The zero-order chi connectivity index (χ0) is 14.8. The average molecular weight is 304 g/mol. The maximum atomic E-state index is 5.39. The number of hydrogen-bond acceptors (Lipinski definition) is 5. The maximum Gasteiger partial charge on any atom is 0.229 e. The molecular weight excluding hydrogens is 276 g/mol. The standard InChI is InChI=1S/C17H28N4O/c1-2-4-11-21(10-3-1)15-6-5-9-20(12-15)13-16-18-17(22-19-16)14-7-8-14/h14-15H,1-13H2/t15-/m1/s1. The Morgan fingerprint density at radius 2 is 1.77 bits per heavy atom. The Morgan fingerprint density at radius 3 is 2.55 bits per heavy atom. The minimum absolute atomic E-state index is 0.562. The average Bonchev–Trinajstić information content (AvgIpc) is 3.33. The summed E-state index contributed by atoms with van der Waals surface area (Å²) in [6.07, 6.45) is 10.7. The van der Waals surface area contributed by atoms with Crippen LogP contribution in [0.3, 0.4) is 0 Å². The molecular formula is C17H28N4O. The number of nitrogens with zero attached hydrogens (tertiary/aromatic N) is 4. The molecule has 0 spiro atoms. The molecule has 0 aromatic carbocycles. The van der Waals surface area contributed by atoms with Gasteiger partial charge in [0.15, 0.2) is 5.82 Å². The fourth-order valence-electron chi connectivity index (χ4n) is 3.96. The van der Waals surface area contributed by atoms with Gasteiger partial charge in [-0.2, -0.15) is 4.98 Å². The minimum atomic E-state index is 0.562. The number of rotatable bonds is 4. The first-order valence-corrected chi connectivity index (χ1v) is 9.17. The predicted molar refractivity (Wildman–Crippen MR) is 84.6 cm³/mol. The molecule has 3 heterocycles. The van der Waals surface area contributed by atoms with Crippen LogP contribution in [-0.2, 0) is 6.54 Å². The Labute approximate surface area is 133 Å². The van der Waals surface area contributed by atoms with E-state index in [0.29, 0.717) is 5.92 Å². The summed E-state index contributed by atoms with van der Waals surface area (Å²) in [5, 5.41) is 4.18. The smallest absolute Gasteiger partial charge is 0.229 e. The first-order valence-electron chi connectivity index (χ1n) is 9.17. The van der Waals surface area contributed by atoms with Crippen LogP contribution in [0.15, 0.2) is 4.52 Å². The lowest BCUT2D eigenvalue weighted by Gasteiger charge is -2.38. The Morgan fingerprint density at radius 1 is 0.955 bits per heavy atom. The third kappa shape index (κ3) is 3.51. The molecule has 1 atom stereocenters. The van der Waals surface area contributed by atoms with Crippen LogP contribution in [0.5, 0.6) is 0 Å². The summed E-state index contributed by atoms with van der Waals surface area (Å²) in [6, 6.07) is 0.738. The molecule has 1 aromatic rings. The minimum Gasteiger partial charge on any atom is -0.339 e. The van der Waals surface area contributed by atoms with E-state index in [1.54, 1.807) is 0 Å². The Balaban J connectivity index is 1.33. The fraction of sp³-hybridized carbons (Fsp3) is 0.882. The van der Waals surface area contributed by atoms with E-state index in [-0.39, 0.29) is 0 Å². The highest BCUT2D eigenvalue weighted by molar-refractivity contribution is 5.01. The van der Waals surface area contributed by atoms with Crippen molar-refractivity contribution in [3.63, 3.8) is 0 Å². The molecule has 2 aliphatic heterocycles. The van der Waals surface area contributed by atoms with Crippen LogP contribution in [0.1, 0.15) is 69.0 Å². The molecule has 1 aromatic heterocycles. The van der Waals surface area contributed by atoms with Gasteiger partial charge in [-0.15, -0.1) is 0 Å². The van der Waals surface area contributed by atoms with Gasteiger partial charge in [0.1, 0.15) is 0 Å². The summed E-state index contributed by atoms with van der Waals surface area (Å²) in [6.45, 7) is 5.81. The highest BCUT2D eigenvalue weighted by Crippen LogP contribution is 2.38. The van der Waals surface area contributed by atoms with Crippen LogP contribution in [-0.4, -0.2) is 52.2 Å². The van der Waals surface area contributed by atoms with E-state index in [0.717, 1.165) is 24.3 Å². The zero-order valence-electron chi connectivity index (χ0n) is 13.5. The Hall–Kier alpha value is -0.940. The van der Waals surface area contributed by atoms with E-state index in [1.165, 1.54) is 77.5 Å². The SMILES string of the molecule is C1CCCN([C@@H]2CCCN(Cc3noc(C4CC4)n3)C2)CC1. The molecule has 1 aliphatic carbocycles. The van der Waals surface area contributed by atoms with E-state index in [1.807, 2.05) is 0 Å². The molecule has 2 saturated heterocycles. The maximum absolute atomic E-state index is 5.39. The molecule has 0 unspecified atom stereocenters. The lowest BCUT2D eigenvalue weighted by atomic mass is 10.0. The molecule has 3 fully saturated rings. The molecule has 0 N–H and O–H groups in total. The van der Waals surface area contributed by atoms with Gasteiger partial charge in [-0.25, -0.2) is 0 Å². The van der Waals surface area contributed by atoms with E-state index >= 15 is 0 Å². The zero-order valence-corrected chi connectivity index (χ0v) is 13.5. The number of hydrogen-bond donors (Lipinski definition) is 0. The van der Waals surface area contributed by atoms with Crippen molar-refractivity contribution in [1.29, 1.82) is 0 Å². The molecule has 0 bridgehead atoms. The van der Waals surface area contributed by atoms with Gasteiger partial charge in [0.2, 0.25) is 5.89 Å². The van der Waals surface area contributed by atoms with Crippen LogP contribution in [0.2, 0.25) is 0 Å². The van der Waals surface area contributed by atoms with Crippen LogP contribution in [0, 0.1) is 0 Å². The third-order valence-electron chi connectivity index (χ3n) is 5.41. The topological polar surface area (TPSA) is 45.4 Å². The second-order valence-corrected chi connectivity index (χ2v) is 7.30. The number of likely N-dealkylation sites (tertiary alicyclic amines) is 2.